The van der Waals surface area contributed by atoms with Crippen molar-refractivity contribution in [2.45, 2.75) is 6.42 Å². The lowest BCUT2D eigenvalue weighted by atomic mass is 10.1. The van der Waals surface area contributed by atoms with Crippen LogP contribution in [0.15, 0.2) is 40.9 Å². The quantitative estimate of drug-likeness (QED) is 0.884. The first-order valence-electron chi connectivity index (χ1n) is 5.72. The molecule has 5 heteroatoms. The standard InChI is InChI=1S/C14H12BrClFNO/c15-9-4-5-12(17)14(8-9)19-13-3-1-2-11(16)10(13)6-7-18/h1-5,8H,6-7,18H2. The third-order valence-electron chi connectivity index (χ3n) is 2.58. The van der Waals surface area contributed by atoms with E-state index in [1.165, 1.54) is 6.07 Å². The second-order valence-electron chi connectivity index (χ2n) is 3.93. The van der Waals surface area contributed by atoms with Gasteiger partial charge in [0.2, 0.25) is 0 Å². The van der Waals surface area contributed by atoms with Crippen molar-refractivity contribution in [3.05, 3.63) is 57.3 Å². The zero-order chi connectivity index (χ0) is 13.8. The molecule has 2 aromatic rings. The van der Waals surface area contributed by atoms with Gasteiger partial charge in [-0.3, -0.25) is 0 Å². The van der Waals surface area contributed by atoms with Gasteiger partial charge in [0.25, 0.3) is 0 Å². The molecule has 0 saturated carbocycles. The second kappa shape index (κ2) is 6.37. The van der Waals surface area contributed by atoms with Crippen LogP contribution >= 0.6 is 27.5 Å². The molecule has 0 fully saturated rings. The highest BCUT2D eigenvalue weighted by molar-refractivity contribution is 9.10. The third kappa shape index (κ3) is 3.47. The van der Waals surface area contributed by atoms with E-state index < -0.39 is 5.82 Å². The van der Waals surface area contributed by atoms with Crippen molar-refractivity contribution in [2.75, 3.05) is 6.54 Å². The van der Waals surface area contributed by atoms with Gasteiger partial charge >= 0.3 is 0 Å². The van der Waals surface area contributed by atoms with Crippen LogP contribution in [0.3, 0.4) is 0 Å². The van der Waals surface area contributed by atoms with Crippen LogP contribution in [0.5, 0.6) is 11.5 Å². The summed E-state index contributed by atoms with van der Waals surface area (Å²) in [5, 5.41) is 0.568. The Morgan fingerprint density at radius 3 is 2.74 bits per heavy atom. The molecule has 0 aliphatic heterocycles. The first-order valence-corrected chi connectivity index (χ1v) is 6.89. The average molecular weight is 345 g/mol. The lowest BCUT2D eigenvalue weighted by Gasteiger charge is -2.12. The Morgan fingerprint density at radius 2 is 2.00 bits per heavy atom. The maximum atomic E-state index is 13.7. The van der Waals surface area contributed by atoms with E-state index in [1.807, 2.05) is 0 Å². The Balaban J connectivity index is 2.37. The molecule has 0 amide bonds. The summed E-state index contributed by atoms with van der Waals surface area (Å²) in [5.41, 5.74) is 6.33. The van der Waals surface area contributed by atoms with Crippen molar-refractivity contribution >= 4 is 27.5 Å². The fraction of sp³-hybridized carbons (Fsp3) is 0.143. The summed E-state index contributed by atoms with van der Waals surface area (Å²) in [7, 11) is 0. The van der Waals surface area contributed by atoms with Gasteiger partial charge in [-0.25, -0.2) is 4.39 Å². The van der Waals surface area contributed by atoms with Crippen molar-refractivity contribution in [2.24, 2.45) is 5.73 Å². The molecule has 0 spiro atoms. The van der Waals surface area contributed by atoms with Gasteiger partial charge in [0.1, 0.15) is 5.75 Å². The number of halogens is 3. The van der Waals surface area contributed by atoms with Gasteiger partial charge in [-0.1, -0.05) is 33.6 Å². The van der Waals surface area contributed by atoms with Gasteiger partial charge in [0.15, 0.2) is 11.6 Å². The first-order chi connectivity index (χ1) is 9.11. The third-order valence-corrected chi connectivity index (χ3v) is 3.43. The molecule has 2 N–H and O–H groups in total. The van der Waals surface area contributed by atoms with Crippen LogP contribution in [0.2, 0.25) is 5.02 Å². The minimum Gasteiger partial charge on any atom is -0.454 e. The molecule has 0 aromatic heterocycles. The van der Waals surface area contributed by atoms with Crippen molar-refractivity contribution in [1.29, 1.82) is 0 Å². The van der Waals surface area contributed by atoms with Gasteiger partial charge in [-0.05, 0) is 43.3 Å². The smallest absolute Gasteiger partial charge is 0.165 e. The van der Waals surface area contributed by atoms with E-state index in [0.717, 1.165) is 10.0 Å². The van der Waals surface area contributed by atoms with Crippen LogP contribution < -0.4 is 10.5 Å². The summed E-state index contributed by atoms with van der Waals surface area (Å²) in [4.78, 5) is 0. The number of hydrogen-bond donors (Lipinski definition) is 1. The van der Waals surface area contributed by atoms with Gasteiger partial charge in [-0.15, -0.1) is 0 Å². The van der Waals surface area contributed by atoms with E-state index in [2.05, 4.69) is 15.9 Å². The number of hydrogen-bond acceptors (Lipinski definition) is 2. The Morgan fingerprint density at radius 1 is 1.21 bits per heavy atom. The van der Waals surface area contributed by atoms with E-state index >= 15 is 0 Å². The van der Waals surface area contributed by atoms with Gasteiger partial charge < -0.3 is 10.5 Å². The fourth-order valence-corrected chi connectivity index (χ4v) is 2.30. The van der Waals surface area contributed by atoms with Crippen molar-refractivity contribution in [3.63, 3.8) is 0 Å². The molecule has 19 heavy (non-hydrogen) atoms. The molecule has 0 aliphatic carbocycles. The number of ether oxygens (including phenoxy) is 1. The molecule has 2 rings (SSSR count). The van der Waals surface area contributed by atoms with Crippen LogP contribution in [-0.2, 0) is 6.42 Å². The van der Waals surface area contributed by atoms with E-state index in [1.54, 1.807) is 30.3 Å². The lowest BCUT2D eigenvalue weighted by molar-refractivity contribution is 0.437. The highest BCUT2D eigenvalue weighted by Crippen LogP contribution is 2.33. The summed E-state index contributed by atoms with van der Waals surface area (Å²) in [6.07, 6.45) is 0.574. The van der Waals surface area contributed by atoms with Crippen molar-refractivity contribution < 1.29 is 9.13 Å². The molecule has 2 nitrogen and oxygen atoms in total. The Labute approximate surface area is 124 Å². The maximum Gasteiger partial charge on any atom is 0.165 e. The Hall–Kier alpha value is -1.10. The average Bonchev–Trinajstić information content (AvgIpc) is 2.38. The Bertz CT molecular complexity index is 592. The minimum absolute atomic E-state index is 0.148. The van der Waals surface area contributed by atoms with Crippen LogP contribution in [0.4, 0.5) is 4.39 Å². The molecule has 0 saturated heterocycles. The maximum absolute atomic E-state index is 13.7. The predicted octanol–water partition coefficient (Wildman–Crippen LogP) is 4.54. The number of rotatable bonds is 4. The van der Waals surface area contributed by atoms with Crippen LogP contribution in [0, 0.1) is 5.82 Å². The van der Waals surface area contributed by atoms with E-state index in [4.69, 9.17) is 22.1 Å². The summed E-state index contributed by atoms with van der Waals surface area (Å²) < 4.78 is 20.0. The summed E-state index contributed by atoms with van der Waals surface area (Å²) in [6, 6.07) is 9.79. The molecule has 0 unspecified atom stereocenters. The van der Waals surface area contributed by atoms with E-state index in [0.29, 0.717) is 23.7 Å². The topological polar surface area (TPSA) is 35.2 Å². The minimum atomic E-state index is -0.429. The van der Waals surface area contributed by atoms with Crippen molar-refractivity contribution in [3.8, 4) is 11.5 Å². The van der Waals surface area contributed by atoms with E-state index in [-0.39, 0.29) is 5.75 Å². The first kappa shape index (κ1) is 14.3. The SMILES string of the molecule is NCCc1c(Cl)cccc1Oc1cc(Br)ccc1F. The number of nitrogens with two attached hydrogens (primary N) is 1. The van der Waals surface area contributed by atoms with Crippen molar-refractivity contribution in [1.82, 2.24) is 0 Å². The Kier molecular flexibility index (Phi) is 4.80. The lowest BCUT2D eigenvalue weighted by Crippen LogP contribution is -2.05. The molecule has 0 aliphatic rings. The number of benzene rings is 2. The molecule has 100 valence electrons. The molecule has 2 aromatic carbocycles. The summed E-state index contributed by atoms with van der Waals surface area (Å²) in [5.74, 6) is 0.242. The van der Waals surface area contributed by atoms with Crippen LogP contribution in [0.1, 0.15) is 5.56 Å². The monoisotopic (exact) mass is 343 g/mol. The molecule has 0 radical (unpaired) electrons. The second-order valence-corrected chi connectivity index (χ2v) is 5.25. The fourth-order valence-electron chi connectivity index (χ4n) is 1.70. The van der Waals surface area contributed by atoms with Gasteiger partial charge in [0.05, 0.1) is 0 Å². The molecular weight excluding hydrogens is 333 g/mol. The summed E-state index contributed by atoms with van der Waals surface area (Å²) in [6.45, 7) is 0.445. The highest BCUT2D eigenvalue weighted by Gasteiger charge is 2.11. The van der Waals surface area contributed by atoms with Crippen LogP contribution in [-0.4, -0.2) is 6.54 Å². The normalized spacial score (nSPS) is 10.5. The molecule has 0 heterocycles. The molecule has 0 bridgehead atoms. The van der Waals surface area contributed by atoms with E-state index in [9.17, 15) is 4.39 Å². The largest absolute Gasteiger partial charge is 0.454 e. The van der Waals surface area contributed by atoms with Gasteiger partial charge in [0, 0.05) is 15.1 Å². The zero-order valence-electron chi connectivity index (χ0n) is 10.00. The zero-order valence-corrected chi connectivity index (χ0v) is 12.3. The molecule has 0 atom stereocenters. The molecular formula is C14H12BrClFNO. The van der Waals surface area contributed by atoms with Crippen LogP contribution in [0.25, 0.3) is 0 Å². The summed E-state index contributed by atoms with van der Waals surface area (Å²) >= 11 is 9.39. The van der Waals surface area contributed by atoms with Gasteiger partial charge in [-0.2, -0.15) is 0 Å². The predicted molar refractivity (Wildman–Crippen MR) is 78.4 cm³/mol. The highest BCUT2D eigenvalue weighted by atomic mass is 79.9.